The number of hydrogen-bond donors (Lipinski definition) is 1. The van der Waals surface area contributed by atoms with E-state index in [2.05, 4.69) is 5.32 Å². The Labute approximate surface area is 154 Å². The van der Waals surface area contributed by atoms with Gasteiger partial charge in [0.05, 0.1) is 19.2 Å². The monoisotopic (exact) mass is 377 g/mol. The SMILES string of the molecule is COc1ccc(C(C)=O)cc1CC(=O)OCC(=O)Nc1cc(F)ccc1F. The van der Waals surface area contributed by atoms with E-state index in [0.717, 1.165) is 18.2 Å². The van der Waals surface area contributed by atoms with Gasteiger partial charge in [-0.05, 0) is 37.3 Å². The molecule has 2 aromatic rings. The fourth-order valence-electron chi connectivity index (χ4n) is 2.27. The zero-order chi connectivity index (χ0) is 20.0. The molecule has 0 saturated heterocycles. The molecule has 0 bridgehead atoms. The normalized spacial score (nSPS) is 10.2. The highest BCUT2D eigenvalue weighted by atomic mass is 19.1. The van der Waals surface area contributed by atoms with Gasteiger partial charge < -0.3 is 14.8 Å². The Kier molecular flexibility index (Phi) is 6.59. The molecule has 8 heteroatoms. The second-order valence-electron chi connectivity index (χ2n) is 5.59. The predicted octanol–water partition coefficient (Wildman–Crippen LogP) is 2.90. The molecule has 0 spiro atoms. The maximum Gasteiger partial charge on any atom is 0.310 e. The van der Waals surface area contributed by atoms with Crippen LogP contribution in [0.3, 0.4) is 0 Å². The van der Waals surface area contributed by atoms with Crippen LogP contribution in [-0.2, 0) is 20.7 Å². The molecule has 0 radical (unpaired) electrons. The number of methoxy groups -OCH3 is 1. The first-order valence-electron chi connectivity index (χ1n) is 7.88. The van der Waals surface area contributed by atoms with Crippen LogP contribution in [0.2, 0.25) is 0 Å². The summed E-state index contributed by atoms with van der Waals surface area (Å²) in [6.45, 7) is 0.712. The standard InChI is InChI=1S/C19H17F2NO5/c1-11(23)12-3-6-17(26-2)13(7-12)8-19(25)27-10-18(24)22-16-9-14(20)4-5-15(16)21/h3-7,9H,8,10H2,1-2H3,(H,22,24). The van der Waals surface area contributed by atoms with Crippen molar-refractivity contribution in [1.82, 2.24) is 0 Å². The maximum atomic E-state index is 13.5. The molecule has 0 atom stereocenters. The van der Waals surface area contributed by atoms with Crippen molar-refractivity contribution in [2.24, 2.45) is 0 Å². The van der Waals surface area contributed by atoms with Gasteiger partial charge in [0.25, 0.3) is 5.91 Å². The van der Waals surface area contributed by atoms with E-state index in [9.17, 15) is 23.2 Å². The average Bonchev–Trinajstić information content (AvgIpc) is 2.63. The summed E-state index contributed by atoms with van der Waals surface area (Å²) in [5, 5.41) is 2.12. The number of ketones is 1. The minimum Gasteiger partial charge on any atom is -0.496 e. The molecule has 0 heterocycles. The first-order valence-corrected chi connectivity index (χ1v) is 7.88. The zero-order valence-corrected chi connectivity index (χ0v) is 14.7. The summed E-state index contributed by atoms with van der Waals surface area (Å²) < 4.78 is 36.5. The van der Waals surface area contributed by atoms with E-state index in [-0.39, 0.29) is 17.9 Å². The maximum absolute atomic E-state index is 13.5. The van der Waals surface area contributed by atoms with Gasteiger partial charge in [-0.1, -0.05) is 0 Å². The van der Waals surface area contributed by atoms with Crippen molar-refractivity contribution in [3.8, 4) is 5.75 Å². The molecule has 0 fully saturated rings. The second kappa shape index (κ2) is 8.88. The number of ether oxygens (including phenoxy) is 2. The highest BCUT2D eigenvalue weighted by Crippen LogP contribution is 2.21. The number of halogens is 2. The van der Waals surface area contributed by atoms with Crippen molar-refractivity contribution in [1.29, 1.82) is 0 Å². The van der Waals surface area contributed by atoms with Gasteiger partial charge in [0.1, 0.15) is 17.4 Å². The summed E-state index contributed by atoms with van der Waals surface area (Å²) in [5.41, 5.74) is 0.469. The number of carbonyl (C=O) groups is 3. The van der Waals surface area contributed by atoms with Gasteiger partial charge in [-0.3, -0.25) is 14.4 Å². The van der Waals surface area contributed by atoms with E-state index in [1.807, 2.05) is 0 Å². The van der Waals surface area contributed by atoms with Crippen LogP contribution in [0.1, 0.15) is 22.8 Å². The lowest BCUT2D eigenvalue weighted by molar-refractivity contribution is -0.146. The van der Waals surface area contributed by atoms with Crippen molar-refractivity contribution in [2.75, 3.05) is 19.0 Å². The van der Waals surface area contributed by atoms with Gasteiger partial charge in [-0.15, -0.1) is 0 Å². The molecule has 0 aliphatic carbocycles. The molecular formula is C19H17F2NO5. The van der Waals surface area contributed by atoms with E-state index in [1.54, 1.807) is 12.1 Å². The highest BCUT2D eigenvalue weighted by molar-refractivity contribution is 5.95. The van der Waals surface area contributed by atoms with Crippen LogP contribution in [0.4, 0.5) is 14.5 Å². The summed E-state index contributed by atoms with van der Waals surface area (Å²) in [5.74, 6) is -2.89. The van der Waals surface area contributed by atoms with Crippen LogP contribution in [0, 0.1) is 11.6 Å². The number of hydrogen-bond acceptors (Lipinski definition) is 5. The van der Waals surface area contributed by atoms with E-state index in [4.69, 9.17) is 9.47 Å². The molecule has 0 unspecified atom stereocenters. The van der Waals surface area contributed by atoms with Gasteiger partial charge in [0.15, 0.2) is 12.4 Å². The Morgan fingerprint density at radius 3 is 2.48 bits per heavy atom. The van der Waals surface area contributed by atoms with E-state index >= 15 is 0 Å². The first kappa shape index (κ1) is 20.0. The van der Waals surface area contributed by atoms with Crippen molar-refractivity contribution < 1.29 is 32.6 Å². The van der Waals surface area contributed by atoms with Crippen LogP contribution in [0.25, 0.3) is 0 Å². The Balaban J connectivity index is 1.96. The third-order valence-corrected chi connectivity index (χ3v) is 3.59. The number of carbonyl (C=O) groups excluding carboxylic acids is 3. The Morgan fingerprint density at radius 1 is 1.07 bits per heavy atom. The smallest absolute Gasteiger partial charge is 0.310 e. The van der Waals surface area contributed by atoms with Gasteiger partial charge in [0.2, 0.25) is 0 Å². The molecule has 1 amide bonds. The molecule has 0 aromatic heterocycles. The quantitative estimate of drug-likeness (QED) is 0.593. The molecule has 0 saturated carbocycles. The topological polar surface area (TPSA) is 81.7 Å². The molecule has 0 aliphatic heterocycles. The summed E-state index contributed by atoms with van der Waals surface area (Å²) in [4.78, 5) is 35.2. The largest absolute Gasteiger partial charge is 0.496 e. The Bertz CT molecular complexity index is 882. The van der Waals surface area contributed by atoms with Crippen molar-refractivity contribution >= 4 is 23.3 Å². The minimum absolute atomic E-state index is 0.177. The van der Waals surface area contributed by atoms with Gasteiger partial charge in [0, 0.05) is 17.2 Å². The highest BCUT2D eigenvalue weighted by Gasteiger charge is 2.15. The molecule has 0 aliphatic rings. The fraction of sp³-hybridized carbons (Fsp3) is 0.211. The van der Waals surface area contributed by atoms with Crippen LogP contribution in [-0.4, -0.2) is 31.4 Å². The lowest BCUT2D eigenvalue weighted by atomic mass is 10.0. The fourth-order valence-corrected chi connectivity index (χ4v) is 2.27. The third-order valence-electron chi connectivity index (χ3n) is 3.59. The minimum atomic E-state index is -0.822. The van der Waals surface area contributed by atoms with Crippen molar-refractivity contribution in [3.63, 3.8) is 0 Å². The molecule has 2 rings (SSSR count). The summed E-state index contributed by atoms with van der Waals surface area (Å²) in [6.07, 6.45) is -0.230. The Morgan fingerprint density at radius 2 is 1.81 bits per heavy atom. The van der Waals surface area contributed by atoms with E-state index in [1.165, 1.54) is 20.1 Å². The van der Waals surface area contributed by atoms with Gasteiger partial charge in [-0.2, -0.15) is 0 Å². The van der Waals surface area contributed by atoms with Crippen LogP contribution in [0.5, 0.6) is 5.75 Å². The van der Waals surface area contributed by atoms with E-state index in [0.29, 0.717) is 16.9 Å². The molecule has 27 heavy (non-hydrogen) atoms. The number of nitrogens with one attached hydrogen (secondary N) is 1. The predicted molar refractivity (Wildman–Crippen MR) is 92.6 cm³/mol. The number of esters is 1. The van der Waals surface area contributed by atoms with Gasteiger partial charge >= 0.3 is 5.97 Å². The van der Waals surface area contributed by atoms with Crippen LogP contribution >= 0.6 is 0 Å². The molecular weight excluding hydrogens is 360 g/mol. The average molecular weight is 377 g/mol. The number of amides is 1. The lowest BCUT2D eigenvalue weighted by Gasteiger charge is -2.10. The summed E-state index contributed by atoms with van der Waals surface area (Å²) in [6, 6.07) is 7.21. The van der Waals surface area contributed by atoms with E-state index < -0.39 is 30.1 Å². The van der Waals surface area contributed by atoms with Crippen molar-refractivity contribution in [3.05, 3.63) is 59.2 Å². The molecule has 1 N–H and O–H groups in total. The first-order chi connectivity index (χ1) is 12.8. The lowest BCUT2D eigenvalue weighted by Crippen LogP contribution is -2.22. The molecule has 2 aromatic carbocycles. The van der Waals surface area contributed by atoms with Crippen LogP contribution < -0.4 is 10.1 Å². The van der Waals surface area contributed by atoms with Crippen molar-refractivity contribution in [2.45, 2.75) is 13.3 Å². The van der Waals surface area contributed by atoms with Gasteiger partial charge in [-0.25, -0.2) is 8.78 Å². The van der Waals surface area contributed by atoms with Crippen LogP contribution in [0.15, 0.2) is 36.4 Å². The number of benzene rings is 2. The number of Topliss-reactive ketones (excluding diaryl/α,β-unsaturated/α-hetero) is 1. The molecule has 6 nitrogen and oxygen atoms in total. The molecule has 142 valence electrons. The number of rotatable bonds is 7. The Hall–Kier alpha value is -3.29. The third kappa shape index (κ3) is 5.60. The second-order valence-corrected chi connectivity index (χ2v) is 5.59. The number of anilines is 1. The summed E-state index contributed by atoms with van der Waals surface area (Å²) in [7, 11) is 1.42. The summed E-state index contributed by atoms with van der Waals surface area (Å²) >= 11 is 0. The zero-order valence-electron chi connectivity index (χ0n) is 14.7.